The zero-order valence-corrected chi connectivity index (χ0v) is 8.90. The molecule has 3 N–H and O–H groups in total. The molecule has 0 radical (unpaired) electrons. The molecule has 2 unspecified atom stereocenters. The molecule has 1 aliphatic heterocycles. The molecule has 0 fully saturated rings. The number of hydrogen-bond donors (Lipinski definition) is 2. The number of nitrogens with one attached hydrogen (secondary N) is 1. The van der Waals surface area contributed by atoms with E-state index >= 15 is 0 Å². The zero-order valence-electron chi connectivity index (χ0n) is 8.90. The van der Waals surface area contributed by atoms with E-state index in [2.05, 4.69) is 29.2 Å². The molecule has 1 aromatic heterocycles. The highest BCUT2D eigenvalue weighted by Gasteiger charge is 2.28. The van der Waals surface area contributed by atoms with Crippen LogP contribution in [0, 0.1) is 5.92 Å². The van der Waals surface area contributed by atoms with E-state index in [0.717, 1.165) is 13.0 Å². The predicted molar refractivity (Wildman–Crippen MR) is 55.5 cm³/mol. The molecule has 6 heteroatoms. The molecule has 6 nitrogen and oxygen atoms in total. The van der Waals surface area contributed by atoms with E-state index in [9.17, 15) is 4.79 Å². The molecule has 2 rings (SSSR count). The lowest BCUT2D eigenvalue weighted by molar-refractivity contribution is 0.0989. The fourth-order valence-electron chi connectivity index (χ4n) is 1.98. The van der Waals surface area contributed by atoms with Crippen LogP contribution < -0.4 is 11.1 Å². The highest BCUT2D eigenvalue weighted by Crippen LogP contribution is 2.28. The lowest BCUT2D eigenvalue weighted by Gasteiger charge is -2.29. The summed E-state index contributed by atoms with van der Waals surface area (Å²) < 4.78 is 1.77. The molecule has 1 amide bonds. The van der Waals surface area contributed by atoms with Crippen LogP contribution in [0.2, 0.25) is 0 Å². The van der Waals surface area contributed by atoms with Crippen LogP contribution in [0.15, 0.2) is 0 Å². The fourth-order valence-corrected chi connectivity index (χ4v) is 1.98. The summed E-state index contributed by atoms with van der Waals surface area (Å²) in [5, 5.41) is 7.26. The van der Waals surface area contributed by atoms with Gasteiger partial charge in [-0.1, -0.05) is 13.8 Å². The fraction of sp³-hybridized carbons (Fsp3) is 0.667. The van der Waals surface area contributed by atoms with E-state index in [4.69, 9.17) is 5.73 Å². The second-order valence-corrected chi connectivity index (χ2v) is 3.90. The number of amides is 1. The largest absolute Gasteiger partial charge is 0.363 e. The van der Waals surface area contributed by atoms with Crippen molar-refractivity contribution < 1.29 is 4.79 Å². The van der Waals surface area contributed by atoms with E-state index in [1.165, 1.54) is 0 Å². The van der Waals surface area contributed by atoms with Gasteiger partial charge in [-0.25, -0.2) is 4.68 Å². The maximum atomic E-state index is 11.0. The van der Waals surface area contributed by atoms with Crippen LogP contribution >= 0.6 is 0 Å². The number of fused-ring (bicyclic) bond motifs is 1. The highest BCUT2D eigenvalue weighted by atomic mass is 16.1. The molecule has 1 aliphatic rings. The van der Waals surface area contributed by atoms with Crippen LogP contribution in [0.5, 0.6) is 0 Å². The van der Waals surface area contributed by atoms with Crippen molar-refractivity contribution in [2.24, 2.45) is 11.7 Å². The van der Waals surface area contributed by atoms with Gasteiger partial charge in [0, 0.05) is 6.54 Å². The first kappa shape index (κ1) is 9.95. The van der Waals surface area contributed by atoms with Crippen molar-refractivity contribution >= 4 is 11.9 Å². The van der Waals surface area contributed by atoms with Gasteiger partial charge in [0.2, 0.25) is 11.8 Å². The van der Waals surface area contributed by atoms with Gasteiger partial charge in [-0.05, 0) is 12.3 Å². The molecular weight excluding hydrogens is 194 g/mol. The van der Waals surface area contributed by atoms with Gasteiger partial charge in [0.05, 0.1) is 6.04 Å². The predicted octanol–water partition coefficient (Wildman–Crippen LogP) is 0.390. The maximum absolute atomic E-state index is 11.0. The second-order valence-electron chi connectivity index (χ2n) is 3.90. The number of carbonyl (C=O) groups excluding carboxylic acids is 1. The SMILES string of the molecule is CCC1C(C)CNc2nc(C(N)=O)nn21. The quantitative estimate of drug-likeness (QED) is 0.737. The van der Waals surface area contributed by atoms with Crippen molar-refractivity contribution in [2.45, 2.75) is 26.3 Å². The van der Waals surface area contributed by atoms with Gasteiger partial charge in [0.25, 0.3) is 5.91 Å². The average Bonchev–Trinajstić information content (AvgIpc) is 2.61. The Hall–Kier alpha value is -1.59. The topological polar surface area (TPSA) is 85.8 Å². The maximum Gasteiger partial charge on any atom is 0.288 e. The van der Waals surface area contributed by atoms with E-state index in [0.29, 0.717) is 17.9 Å². The van der Waals surface area contributed by atoms with Crippen molar-refractivity contribution in [1.82, 2.24) is 14.8 Å². The molecule has 0 saturated heterocycles. The number of rotatable bonds is 2. The third kappa shape index (κ3) is 1.55. The lowest BCUT2D eigenvalue weighted by Crippen LogP contribution is -2.31. The summed E-state index contributed by atoms with van der Waals surface area (Å²) >= 11 is 0. The Labute approximate surface area is 87.9 Å². The standard InChI is InChI=1S/C9H15N5O/c1-3-6-5(2)4-11-9-12-8(7(10)15)13-14(6)9/h5-6H,3-4H2,1-2H3,(H2,10,15)(H,11,12,13). The van der Waals surface area contributed by atoms with Crippen LogP contribution in [0.25, 0.3) is 0 Å². The molecule has 0 aliphatic carbocycles. The smallest absolute Gasteiger partial charge is 0.288 e. The molecule has 2 heterocycles. The van der Waals surface area contributed by atoms with Crippen molar-refractivity contribution in [3.05, 3.63) is 5.82 Å². The van der Waals surface area contributed by atoms with Crippen LogP contribution in [0.1, 0.15) is 36.9 Å². The summed E-state index contributed by atoms with van der Waals surface area (Å²) in [6, 6.07) is 0.293. The van der Waals surface area contributed by atoms with Gasteiger partial charge in [0.15, 0.2) is 0 Å². The van der Waals surface area contributed by atoms with Crippen LogP contribution in [-0.2, 0) is 0 Å². The van der Waals surface area contributed by atoms with Crippen molar-refractivity contribution in [3.8, 4) is 0 Å². The molecule has 82 valence electrons. The number of hydrogen-bond acceptors (Lipinski definition) is 4. The number of carbonyl (C=O) groups is 1. The summed E-state index contributed by atoms with van der Waals surface area (Å²) in [6.45, 7) is 5.10. The normalized spacial score (nSPS) is 24.4. The van der Waals surface area contributed by atoms with Gasteiger partial charge in [-0.2, -0.15) is 4.98 Å². The minimum Gasteiger partial charge on any atom is -0.363 e. The van der Waals surface area contributed by atoms with Crippen LogP contribution in [-0.4, -0.2) is 27.2 Å². The van der Waals surface area contributed by atoms with Crippen molar-refractivity contribution in [2.75, 3.05) is 11.9 Å². The monoisotopic (exact) mass is 209 g/mol. The summed E-state index contributed by atoms with van der Waals surface area (Å²) in [6.07, 6.45) is 0.970. The zero-order chi connectivity index (χ0) is 11.0. The van der Waals surface area contributed by atoms with Crippen molar-refractivity contribution in [1.29, 1.82) is 0 Å². The summed E-state index contributed by atoms with van der Waals surface area (Å²) in [4.78, 5) is 15.0. The molecule has 0 spiro atoms. The van der Waals surface area contributed by atoms with E-state index in [-0.39, 0.29) is 5.82 Å². The molecule has 15 heavy (non-hydrogen) atoms. The Bertz CT molecular complexity index is 386. The van der Waals surface area contributed by atoms with Crippen molar-refractivity contribution in [3.63, 3.8) is 0 Å². The average molecular weight is 209 g/mol. The molecular formula is C9H15N5O. The second kappa shape index (κ2) is 3.52. The highest BCUT2D eigenvalue weighted by molar-refractivity contribution is 5.89. The summed E-state index contributed by atoms with van der Waals surface area (Å²) in [5.41, 5.74) is 5.14. The van der Waals surface area contributed by atoms with Gasteiger partial charge < -0.3 is 11.1 Å². The van der Waals surface area contributed by atoms with Gasteiger partial charge in [-0.3, -0.25) is 4.79 Å². The number of aromatic nitrogens is 3. The third-order valence-corrected chi connectivity index (χ3v) is 2.82. The molecule has 0 aromatic carbocycles. The van der Waals surface area contributed by atoms with Crippen LogP contribution in [0.4, 0.5) is 5.95 Å². The summed E-state index contributed by atoms with van der Waals surface area (Å²) in [7, 11) is 0. The first-order chi connectivity index (χ1) is 7.13. The Kier molecular flexibility index (Phi) is 2.34. The number of primary amides is 1. The van der Waals surface area contributed by atoms with E-state index < -0.39 is 5.91 Å². The van der Waals surface area contributed by atoms with Gasteiger partial charge in [0.1, 0.15) is 0 Å². The minimum absolute atomic E-state index is 0.0880. The third-order valence-electron chi connectivity index (χ3n) is 2.82. The van der Waals surface area contributed by atoms with Gasteiger partial charge >= 0.3 is 0 Å². The molecule has 1 aromatic rings. The Morgan fingerprint density at radius 1 is 1.73 bits per heavy atom. The van der Waals surface area contributed by atoms with E-state index in [1.807, 2.05) is 0 Å². The van der Waals surface area contributed by atoms with Crippen LogP contribution in [0.3, 0.4) is 0 Å². The molecule has 0 saturated carbocycles. The first-order valence-corrected chi connectivity index (χ1v) is 5.13. The number of nitrogens with zero attached hydrogens (tertiary/aromatic N) is 3. The Morgan fingerprint density at radius 2 is 2.47 bits per heavy atom. The number of nitrogens with two attached hydrogens (primary N) is 1. The minimum atomic E-state index is -0.582. The molecule has 2 atom stereocenters. The summed E-state index contributed by atoms with van der Waals surface area (Å²) in [5.74, 6) is 0.630. The van der Waals surface area contributed by atoms with E-state index in [1.54, 1.807) is 4.68 Å². The Morgan fingerprint density at radius 3 is 3.07 bits per heavy atom. The molecule has 0 bridgehead atoms. The first-order valence-electron chi connectivity index (χ1n) is 5.13. The lowest BCUT2D eigenvalue weighted by atomic mass is 9.98. The Balaban J connectivity index is 2.40. The number of anilines is 1. The van der Waals surface area contributed by atoms with Gasteiger partial charge in [-0.15, -0.1) is 5.10 Å².